The fourth-order valence-corrected chi connectivity index (χ4v) is 3.19. The highest BCUT2D eigenvalue weighted by atomic mass is 32.1. The summed E-state index contributed by atoms with van der Waals surface area (Å²) in [7, 11) is 2.21. The fourth-order valence-electron chi connectivity index (χ4n) is 3.06. The smallest absolute Gasteiger partial charge is 0.103 e. The van der Waals surface area contributed by atoms with Crippen LogP contribution in [0.2, 0.25) is 0 Å². The third-order valence-corrected chi connectivity index (χ3v) is 4.67. The summed E-state index contributed by atoms with van der Waals surface area (Å²) in [4.78, 5) is 2.89. The Morgan fingerprint density at radius 3 is 2.58 bits per heavy atom. The molecule has 0 saturated heterocycles. The van der Waals surface area contributed by atoms with Crippen LogP contribution in [0.4, 0.5) is 5.69 Å². The summed E-state index contributed by atoms with van der Waals surface area (Å²) in [6, 6.07) is 8.98. The number of hydrogen-bond acceptors (Lipinski definition) is 2. The van der Waals surface area contributed by atoms with Crippen molar-refractivity contribution in [3.8, 4) is 0 Å². The topological polar surface area (TPSA) is 29.3 Å². The first-order chi connectivity index (χ1) is 9.11. The first-order valence-corrected chi connectivity index (χ1v) is 7.65. The minimum atomic E-state index is 0.470. The van der Waals surface area contributed by atoms with Crippen LogP contribution in [-0.2, 0) is 0 Å². The van der Waals surface area contributed by atoms with E-state index >= 15 is 0 Å². The van der Waals surface area contributed by atoms with Gasteiger partial charge in [0.05, 0.1) is 0 Å². The molecular weight excluding hydrogens is 252 g/mol. The van der Waals surface area contributed by atoms with Crippen molar-refractivity contribution in [2.24, 2.45) is 11.7 Å². The van der Waals surface area contributed by atoms with Gasteiger partial charge in [0.25, 0.3) is 0 Å². The van der Waals surface area contributed by atoms with Crippen molar-refractivity contribution < 1.29 is 0 Å². The summed E-state index contributed by atoms with van der Waals surface area (Å²) in [5, 5.41) is 0. The number of nitrogens with zero attached hydrogens (tertiary/aromatic N) is 1. The Balaban J connectivity index is 2.06. The molecule has 0 radical (unpaired) electrons. The van der Waals surface area contributed by atoms with Gasteiger partial charge in [-0.1, -0.05) is 38.4 Å². The second-order valence-electron chi connectivity index (χ2n) is 5.62. The van der Waals surface area contributed by atoms with E-state index in [1.165, 1.54) is 37.8 Å². The van der Waals surface area contributed by atoms with Crippen LogP contribution in [-0.4, -0.2) is 18.1 Å². The summed E-state index contributed by atoms with van der Waals surface area (Å²) in [5.41, 5.74) is 7.85. The van der Waals surface area contributed by atoms with Crippen LogP contribution in [0.3, 0.4) is 0 Å². The molecule has 3 heteroatoms. The SMILES string of the molecule is CCC1CCCC(N(C)c2ccc(C(N)=S)cc2)C1. The van der Waals surface area contributed by atoms with Crippen molar-refractivity contribution in [1.82, 2.24) is 0 Å². The Morgan fingerprint density at radius 2 is 2.00 bits per heavy atom. The lowest BCUT2D eigenvalue weighted by molar-refractivity contribution is 0.309. The zero-order valence-corrected chi connectivity index (χ0v) is 12.7. The maximum Gasteiger partial charge on any atom is 0.103 e. The minimum Gasteiger partial charge on any atom is -0.389 e. The van der Waals surface area contributed by atoms with E-state index in [-0.39, 0.29) is 0 Å². The fraction of sp³-hybridized carbons (Fsp3) is 0.562. The number of hydrogen-bond donors (Lipinski definition) is 1. The van der Waals surface area contributed by atoms with E-state index < -0.39 is 0 Å². The van der Waals surface area contributed by atoms with Crippen LogP contribution < -0.4 is 10.6 Å². The van der Waals surface area contributed by atoms with Gasteiger partial charge in [0, 0.05) is 24.3 Å². The van der Waals surface area contributed by atoms with Gasteiger partial charge < -0.3 is 10.6 Å². The Bertz CT molecular complexity index is 427. The van der Waals surface area contributed by atoms with Gasteiger partial charge >= 0.3 is 0 Å². The van der Waals surface area contributed by atoms with Crippen LogP contribution in [0.1, 0.15) is 44.6 Å². The zero-order chi connectivity index (χ0) is 13.8. The summed E-state index contributed by atoms with van der Waals surface area (Å²) < 4.78 is 0. The lowest BCUT2D eigenvalue weighted by Gasteiger charge is -2.36. The van der Waals surface area contributed by atoms with Crippen LogP contribution >= 0.6 is 12.2 Å². The molecule has 0 bridgehead atoms. The number of nitrogens with two attached hydrogens (primary N) is 1. The van der Waals surface area contributed by atoms with Crippen molar-refractivity contribution in [3.63, 3.8) is 0 Å². The monoisotopic (exact) mass is 276 g/mol. The van der Waals surface area contributed by atoms with Gasteiger partial charge in [-0.2, -0.15) is 0 Å². The Hall–Kier alpha value is -1.09. The first kappa shape index (κ1) is 14.3. The van der Waals surface area contributed by atoms with Gasteiger partial charge in [-0.25, -0.2) is 0 Å². The number of thiocarbonyl (C=S) groups is 1. The molecule has 2 nitrogen and oxygen atoms in total. The van der Waals surface area contributed by atoms with Crippen molar-refractivity contribution in [2.45, 2.75) is 45.1 Å². The van der Waals surface area contributed by atoms with E-state index in [2.05, 4.69) is 31.0 Å². The summed E-state index contributed by atoms with van der Waals surface area (Å²) in [5.74, 6) is 0.900. The third kappa shape index (κ3) is 3.47. The van der Waals surface area contributed by atoms with E-state index in [4.69, 9.17) is 18.0 Å². The molecule has 104 valence electrons. The maximum atomic E-state index is 5.64. The van der Waals surface area contributed by atoms with Gasteiger partial charge in [0.1, 0.15) is 4.99 Å². The molecule has 0 spiro atoms. The Labute approximate surface area is 122 Å². The average Bonchev–Trinajstić information content (AvgIpc) is 2.46. The quantitative estimate of drug-likeness (QED) is 0.850. The summed E-state index contributed by atoms with van der Waals surface area (Å²) >= 11 is 4.99. The van der Waals surface area contributed by atoms with Gasteiger partial charge in [0.15, 0.2) is 0 Å². The molecule has 2 atom stereocenters. The highest BCUT2D eigenvalue weighted by Gasteiger charge is 2.24. The predicted molar refractivity (Wildman–Crippen MR) is 86.8 cm³/mol. The Morgan fingerprint density at radius 1 is 1.32 bits per heavy atom. The molecule has 1 fully saturated rings. The van der Waals surface area contributed by atoms with Crippen LogP contribution in [0.25, 0.3) is 0 Å². The second kappa shape index (κ2) is 6.38. The molecule has 2 unspecified atom stereocenters. The molecule has 0 amide bonds. The van der Waals surface area contributed by atoms with E-state index in [1.807, 2.05) is 12.1 Å². The molecule has 0 aliphatic heterocycles. The van der Waals surface area contributed by atoms with Gasteiger partial charge in [-0.15, -0.1) is 0 Å². The van der Waals surface area contributed by atoms with E-state index in [1.54, 1.807) is 0 Å². The van der Waals surface area contributed by atoms with E-state index in [9.17, 15) is 0 Å². The summed E-state index contributed by atoms with van der Waals surface area (Å²) in [6.07, 6.45) is 6.71. The number of benzene rings is 1. The zero-order valence-electron chi connectivity index (χ0n) is 11.9. The Kier molecular flexibility index (Phi) is 4.81. The second-order valence-corrected chi connectivity index (χ2v) is 6.06. The molecule has 1 aliphatic rings. The van der Waals surface area contributed by atoms with Crippen LogP contribution in [0, 0.1) is 5.92 Å². The van der Waals surface area contributed by atoms with Crippen molar-refractivity contribution in [1.29, 1.82) is 0 Å². The first-order valence-electron chi connectivity index (χ1n) is 7.24. The molecule has 2 rings (SSSR count). The molecule has 0 aromatic heterocycles. The molecule has 19 heavy (non-hydrogen) atoms. The average molecular weight is 276 g/mol. The molecule has 1 aromatic rings. The lowest BCUT2D eigenvalue weighted by Crippen LogP contribution is -2.36. The van der Waals surface area contributed by atoms with Gasteiger partial charge in [0.2, 0.25) is 0 Å². The number of anilines is 1. The largest absolute Gasteiger partial charge is 0.389 e. The highest BCUT2D eigenvalue weighted by Crippen LogP contribution is 2.31. The molecule has 2 N–H and O–H groups in total. The highest BCUT2D eigenvalue weighted by molar-refractivity contribution is 7.80. The summed E-state index contributed by atoms with van der Waals surface area (Å²) in [6.45, 7) is 2.31. The third-order valence-electron chi connectivity index (χ3n) is 4.44. The minimum absolute atomic E-state index is 0.470. The molecule has 1 aromatic carbocycles. The lowest BCUT2D eigenvalue weighted by atomic mass is 9.83. The standard InChI is InChI=1S/C16H24N2S/c1-3-12-5-4-6-15(11-12)18(2)14-9-7-13(8-10-14)16(17)19/h7-10,12,15H,3-6,11H2,1-2H3,(H2,17,19). The molecule has 1 aliphatic carbocycles. The van der Waals surface area contributed by atoms with E-state index in [0.29, 0.717) is 11.0 Å². The van der Waals surface area contributed by atoms with Crippen LogP contribution in [0.15, 0.2) is 24.3 Å². The van der Waals surface area contributed by atoms with E-state index in [0.717, 1.165) is 11.5 Å². The molecule has 1 saturated carbocycles. The predicted octanol–water partition coefficient (Wildman–Crippen LogP) is 3.73. The van der Waals surface area contributed by atoms with Gasteiger partial charge in [-0.3, -0.25) is 0 Å². The maximum absolute atomic E-state index is 5.64. The van der Waals surface area contributed by atoms with Crippen molar-refractivity contribution >= 4 is 22.9 Å². The van der Waals surface area contributed by atoms with Crippen LogP contribution in [0.5, 0.6) is 0 Å². The van der Waals surface area contributed by atoms with Gasteiger partial charge in [-0.05, 0) is 43.0 Å². The number of rotatable bonds is 4. The molecular formula is C16H24N2S. The molecule has 0 heterocycles. The van der Waals surface area contributed by atoms with Crippen molar-refractivity contribution in [2.75, 3.05) is 11.9 Å². The normalized spacial score (nSPS) is 23.1. The van der Waals surface area contributed by atoms with Crippen molar-refractivity contribution in [3.05, 3.63) is 29.8 Å².